The molecule has 0 aromatic rings. The van der Waals surface area contributed by atoms with Crippen LogP contribution in [0.15, 0.2) is 24.3 Å². The maximum absolute atomic E-state index is 11.5. The minimum Gasteiger partial charge on any atom is -0.481 e. The summed E-state index contributed by atoms with van der Waals surface area (Å²) >= 11 is 0. The van der Waals surface area contributed by atoms with Crippen molar-refractivity contribution in [2.45, 2.75) is 64.2 Å². The van der Waals surface area contributed by atoms with Gasteiger partial charge in [-0.05, 0) is 25.7 Å². The SMILES string of the molecule is O=C(CCCCCN1C(=O)C=CC1=O)ON1C(=O)CCC1=O.O=C(O)CCCCCN1C(=O)C=CC1=O. The van der Waals surface area contributed by atoms with Gasteiger partial charge in [0.1, 0.15) is 0 Å². The minimum absolute atomic E-state index is 0.0667. The molecule has 0 saturated carbocycles. The van der Waals surface area contributed by atoms with Crippen molar-refractivity contribution < 1.29 is 48.3 Å². The van der Waals surface area contributed by atoms with Gasteiger partial charge in [-0.15, -0.1) is 5.06 Å². The number of unbranched alkanes of at least 4 members (excludes halogenated alkanes) is 4. The van der Waals surface area contributed by atoms with Crippen LogP contribution in [0, 0.1) is 0 Å². The molecule has 3 rings (SSSR count). The molecule has 1 saturated heterocycles. The molecule has 0 aromatic heterocycles. The molecule has 0 aromatic carbocycles. The lowest BCUT2D eigenvalue weighted by Crippen LogP contribution is -2.32. The second kappa shape index (κ2) is 14.4. The van der Waals surface area contributed by atoms with Gasteiger partial charge in [-0.3, -0.25) is 43.4 Å². The van der Waals surface area contributed by atoms with Crippen LogP contribution in [0.5, 0.6) is 0 Å². The molecule has 1 N–H and O–H groups in total. The van der Waals surface area contributed by atoms with Gasteiger partial charge in [0, 0.05) is 63.1 Å². The maximum atomic E-state index is 11.5. The van der Waals surface area contributed by atoms with E-state index in [4.69, 9.17) is 9.94 Å². The van der Waals surface area contributed by atoms with Gasteiger partial charge in [0.05, 0.1) is 0 Å². The summed E-state index contributed by atoms with van der Waals surface area (Å²) in [7, 11) is 0. The van der Waals surface area contributed by atoms with E-state index in [1.165, 1.54) is 29.2 Å². The van der Waals surface area contributed by atoms with Gasteiger partial charge < -0.3 is 9.94 Å². The van der Waals surface area contributed by atoms with Crippen molar-refractivity contribution in [2.24, 2.45) is 0 Å². The number of carbonyl (C=O) groups is 8. The number of hydrogen-bond acceptors (Lipinski definition) is 9. The first-order chi connectivity index (χ1) is 17.6. The molecule has 37 heavy (non-hydrogen) atoms. The molecule has 0 atom stereocenters. The Morgan fingerprint density at radius 1 is 0.649 bits per heavy atom. The second-order valence-corrected chi connectivity index (χ2v) is 8.38. The molecule has 0 radical (unpaired) electrons. The summed E-state index contributed by atoms with van der Waals surface area (Å²) in [5.41, 5.74) is 0. The third-order valence-electron chi connectivity index (χ3n) is 5.53. The molecule has 6 amide bonds. The number of carbonyl (C=O) groups excluding carboxylic acids is 7. The van der Waals surface area contributed by atoms with Gasteiger partial charge in [-0.25, -0.2) is 4.79 Å². The van der Waals surface area contributed by atoms with Crippen molar-refractivity contribution >= 4 is 47.4 Å². The van der Waals surface area contributed by atoms with Gasteiger partial charge in [0.25, 0.3) is 35.4 Å². The van der Waals surface area contributed by atoms with Crippen LogP contribution in [-0.4, -0.2) is 80.4 Å². The van der Waals surface area contributed by atoms with Crippen molar-refractivity contribution in [1.29, 1.82) is 0 Å². The third kappa shape index (κ3) is 9.43. The Bertz CT molecular complexity index is 964. The zero-order valence-corrected chi connectivity index (χ0v) is 20.3. The average molecular weight is 520 g/mol. The fourth-order valence-electron chi connectivity index (χ4n) is 3.55. The van der Waals surface area contributed by atoms with Crippen LogP contribution in [0.2, 0.25) is 0 Å². The lowest BCUT2D eigenvalue weighted by molar-refractivity contribution is -0.197. The lowest BCUT2D eigenvalue weighted by atomic mass is 10.2. The van der Waals surface area contributed by atoms with Crippen molar-refractivity contribution in [1.82, 2.24) is 14.9 Å². The molecule has 0 bridgehead atoms. The van der Waals surface area contributed by atoms with Gasteiger partial charge in [-0.2, -0.15) is 0 Å². The highest BCUT2D eigenvalue weighted by molar-refractivity contribution is 6.13. The fraction of sp³-hybridized carbons (Fsp3) is 0.500. The van der Waals surface area contributed by atoms with E-state index in [-0.39, 0.29) is 49.3 Å². The molecule has 13 nitrogen and oxygen atoms in total. The molecular weight excluding hydrogens is 490 g/mol. The zero-order valence-electron chi connectivity index (χ0n) is 20.3. The molecule has 13 heteroatoms. The van der Waals surface area contributed by atoms with Crippen LogP contribution < -0.4 is 0 Å². The Kier molecular flexibility index (Phi) is 11.3. The number of carboxylic acid groups (broad SMARTS) is 1. The van der Waals surface area contributed by atoms with E-state index in [0.29, 0.717) is 56.7 Å². The summed E-state index contributed by atoms with van der Waals surface area (Å²) in [6.45, 7) is 0.688. The van der Waals surface area contributed by atoms with E-state index in [0.717, 1.165) is 4.90 Å². The third-order valence-corrected chi connectivity index (χ3v) is 5.53. The first kappa shape index (κ1) is 29.1. The van der Waals surface area contributed by atoms with Gasteiger partial charge in [0.2, 0.25) is 0 Å². The van der Waals surface area contributed by atoms with E-state index in [1.54, 1.807) is 0 Å². The Morgan fingerprint density at radius 2 is 1.05 bits per heavy atom. The summed E-state index contributed by atoms with van der Waals surface area (Å²) in [4.78, 5) is 96.0. The van der Waals surface area contributed by atoms with Crippen molar-refractivity contribution in [2.75, 3.05) is 13.1 Å². The molecule has 0 spiro atoms. The number of carboxylic acids is 1. The van der Waals surface area contributed by atoms with Crippen LogP contribution in [0.4, 0.5) is 0 Å². The Morgan fingerprint density at radius 3 is 1.46 bits per heavy atom. The van der Waals surface area contributed by atoms with E-state index >= 15 is 0 Å². The minimum atomic E-state index is -0.815. The molecule has 3 aliphatic heterocycles. The topological polar surface area (TPSA) is 176 Å². The molecule has 0 unspecified atom stereocenters. The summed E-state index contributed by atoms with van der Waals surface area (Å²) < 4.78 is 0. The number of imide groups is 3. The predicted octanol–water partition coefficient (Wildman–Crippen LogP) is 0.635. The van der Waals surface area contributed by atoms with Crippen LogP contribution in [0.3, 0.4) is 0 Å². The predicted molar refractivity (Wildman–Crippen MR) is 123 cm³/mol. The van der Waals surface area contributed by atoms with E-state index < -0.39 is 23.8 Å². The largest absolute Gasteiger partial charge is 0.481 e. The highest BCUT2D eigenvalue weighted by Crippen LogP contribution is 2.14. The highest BCUT2D eigenvalue weighted by Gasteiger charge is 2.32. The summed E-state index contributed by atoms with van der Waals surface area (Å²) in [6.07, 6.45) is 8.93. The van der Waals surface area contributed by atoms with Gasteiger partial charge in [-0.1, -0.05) is 12.8 Å². The molecule has 0 aliphatic carbocycles. The fourth-order valence-corrected chi connectivity index (χ4v) is 3.55. The Labute approximate surface area is 212 Å². The van der Waals surface area contributed by atoms with Crippen molar-refractivity contribution in [3.63, 3.8) is 0 Å². The number of nitrogens with zero attached hydrogens (tertiary/aromatic N) is 3. The zero-order chi connectivity index (χ0) is 27.4. The highest BCUT2D eigenvalue weighted by atomic mass is 16.7. The molecule has 1 fully saturated rings. The van der Waals surface area contributed by atoms with Crippen molar-refractivity contribution in [3.8, 4) is 0 Å². The molecule has 3 heterocycles. The quantitative estimate of drug-likeness (QED) is 0.268. The first-order valence-electron chi connectivity index (χ1n) is 12.0. The number of hydrogen-bond donors (Lipinski definition) is 1. The Hall–Kier alpha value is -4.16. The Balaban J connectivity index is 0.000000281. The number of amides is 6. The van der Waals surface area contributed by atoms with Crippen LogP contribution in [-0.2, 0) is 43.2 Å². The maximum Gasteiger partial charge on any atom is 0.333 e. The van der Waals surface area contributed by atoms with E-state index in [9.17, 15) is 38.4 Å². The van der Waals surface area contributed by atoms with Crippen LogP contribution >= 0.6 is 0 Å². The summed E-state index contributed by atoms with van der Waals surface area (Å²) in [5, 5.41) is 8.90. The molecule has 3 aliphatic rings. The molecular formula is C24H29N3O10. The average Bonchev–Trinajstić information content (AvgIpc) is 3.46. The first-order valence-corrected chi connectivity index (χ1v) is 12.0. The monoisotopic (exact) mass is 519 g/mol. The number of hydroxylamine groups is 2. The van der Waals surface area contributed by atoms with Crippen LogP contribution in [0.25, 0.3) is 0 Å². The van der Waals surface area contributed by atoms with E-state index in [2.05, 4.69) is 0 Å². The smallest absolute Gasteiger partial charge is 0.333 e. The summed E-state index contributed by atoms with van der Waals surface area (Å²) in [5.74, 6) is -3.67. The van der Waals surface area contributed by atoms with Crippen LogP contribution in [0.1, 0.15) is 64.2 Å². The number of aliphatic carboxylic acids is 1. The van der Waals surface area contributed by atoms with Gasteiger partial charge in [0.15, 0.2) is 0 Å². The van der Waals surface area contributed by atoms with Gasteiger partial charge >= 0.3 is 11.9 Å². The lowest BCUT2D eigenvalue weighted by Gasteiger charge is -2.14. The normalized spacial score (nSPS) is 16.7. The van der Waals surface area contributed by atoms with E-state index in [1.807, 2.05) is 0 Å². The summed E-state index contributed by atoms with van der Waals surface area (Å²) in [6, 6.07) is 0. The number of rotatable bonds is 13. The standard InChI is InChI=1S/C14H16N2O6.C10H13NO4/c17-10-5-6-11(18)15(10)9-3-1-2-4-14(21)22-16-12(19)7-8-13(16)20;12-8-5-6-9(13)11(8)7-3-1-2-4-10(14)15/h5-6H,1-4,7-9H2;5-6H,1-4,7H2,(H,14,15). The van der Waals surface area contributed by atoms with Crippen molar-refractivity contribution in [3.05, 3.63) is 24.3 Å². The molecule has 200 valence electrons. The second-order valence-electron chi connectivity index (χ2n) is 8.38.